The summed E-state index contributed by atoms with van der Waals surface area (Å²) in [5.74, 6) is 0.929. The van der Waals surface area contributed by atoms with Crippen LogP contribution in [0.3, 0.4) is 0 Å². The normalized spacial score (nSPS) is 19.6. The first-order valence-electron chi connectivity index (χ1n) is 7.40. The fourth-order valence-electron chi connectivity index (χ4n) is 2.30. The number of nitrogens with one attached hydrogen (secondary N) is 1. The highest BCUT2D eigenvalue weighted by Gasteiger charge is 2.23. The summed E-state index contributed by atoms with van der Waals surface area (Å²) < 4.78 is 5.73. The van der Waals surface area contributed by atoms with Gasteiger partial charge in [0.2, 0.25) is 0 Å². The van der Waals surface area contributed by atoms with Crippen LogP contribution in [0.15, 0.2) is 24.3 Å². The minimum atomic E-state index is 0. The number of hydrogen-bond donors (Lipinski definition) is 1. The standard InChI is InChI=1S/C16H24N2O2.ClH/c1-4-13(3)20-15-7-5-14(6-8-15)16(19)18-10-9-17-11-12(18)2;/h5-8,12-13,17H,4,9-11H2,1-3H3;1H/t12-,13?;/m0./s1. The fourth-order valence-corrected chi connectivity index (χ4v) is 2.30. The molecule has 1 amide bonds. The predicted octanol–water partition coefficient (Wildman–Crippen LogP) is 2.72. The molecule has 1 saturated heterocycles. The Hall–Kier alpha value is -1.26. The van der Waals surface area contributed by atoms with Crippen LogP contribution in [0.25, 0.3) is 0 Å². The Labute approximate surface area is 133 Å². The number of rotatable bonds is 4. The quantitative estimate of drug-likeness (QED) is 0.929. The number of carbonyl (C=O) groups excluding carboxylic acids is 1. The first-order valence-corrected chi connectivity index (χ1v) is 7.40. The summed E-state index contributed by atoms with van der Waals surface area (Å²) in [6, 6.07) is 7.72. The minimum Gasteiger partial charge on any atom is -0.491 e. The molecule has 4 nitrogen and oxygen atoms in total. The first-order chi connectivity index (χ1) is 9.61. The van der Waals surface area contributed by atoms with Gasteiger partial charge < -0.3 is 15.0 Å². The van der Waals surface area contributed by atoms with Gasteiger partial charge in [0, 0.05) is 31.2 Å². The van der Waals surface area contributed by atoms with Gasteiger partial charge >= 0.3 is 0 Å². The van der Waals surface area contributed by atoms with Crippen LogP contribution in [-0.4, -0.2) is 42.6 Å². The highest BCUT2D eigenvalue weighted by molar-refractivity contribution is 5.94. The summed E-state index contributed by atoms with van der Waals surface area (Å²) in [5.41, 5.74) is 0.732. The van der Waals surface area contributed by atoms with E-state index in [1.165, 1.54) is 0 Å². The number of carbonyl (C=O) groups is 1. The fraction of sp³-hybridized carbons (Fsp3) is 0.562. The predicted molar refractivity (Wildman–Crippen MR) is 87.4 cm³/mol. The average molecular weight is 313 g/mol. The third kappa shape index (κ3) is 4.61. The Kier molecular flexibility index (Phi) is 6.99. The second-order valence-electron chi connectivity index (χ2n) is 5.41. The molecule has 1 aliphatic rings. The lowest BCUT2D eigenvalue weighted by molar-refractivity contribution is 0.0655. The summed E-state index contributed by atoms with van der Waals surface area (Å²) >= 11 is 0. The molecular weight excluding hydrogens is 288 g/mol. The molecule has 1 unspecified atom stereocenters. The zero-order valence-corrected chi connectivity index (χ0v) is 13.8. The van der Waals surface area contributed by atoms with E-state index in [9.17, 15) is 4.79 Å². The molecule has 2 rings (SSSR count). The van der Waals surface area contributed by atoms with Crippen LogP contribution in [0.1, 0.15) is 37.6 Å². The molecular formula is C16H25ClN2O2. The molecule has 0 radical (unpaired) electrons. The van der Waals surface area contributed by atoms with E-state index in [0.717, 1.165) is 37.4 Å². The Balaban J connectivity index is 0.00000220. The molecule has 0 spiro atoms. The maximum absolute atomic E-state index is 12.5. The van der Waals surface area contributed by atoms with Gasteiger partial charge in [0.05, 0.1) is 6.10 Å². The van der Waals surface area contributed by atoms with Crippen LogP contribution < -0.4 is 10.1 Å². The van der Waals surface area contributed by atoms with Crippen molar-refractivity contribution >= 4 is 18.3 Å². The van der Waals surface area contributed by atoms with Crippen LogP contribution in [-0.2, 0) is 0 Å². The van der Waals surface area contributed by atoms with Crippen molar-refractivity contribution in [3.63, 3.8) is 0 Å². The van der Waals surface area contributed by atoms with E-state index in [2.05, 4.69) is 19.2 Å². The molecule has 1 aromatic carbocycles. The molecule has 5 heteroatoms. The van der Waals surface area contributed by atoms with Gasteiger partial charge in [0.1, 0.15) is 5.75 Å². The summed E-state index contributed by atoms with van der Waals surface area (Å²) in [6.45, 7) is 8.71. The van der Waals surface area contributed by atoms with Crippen molar-refractivity contribution in [3.05, 3.63) is 29.8 Å². The number of ether oxygens (including phenoxy) is 1. The van der Waals surface area contributed by atoms with Crippen LogP contribution in [0, 0.1) is 0 Å². The number of nitrogens with zero attached hydrogens (tertiary/aromatic N) is 1. The maximum Gasteiger partial charge on any atom is 0.254 e. The number of hydrogen-bond acceptors (Lipinski definition) is 3. The zero-order valence-electron chi connectivity index (χ0n) is 13.0. The second kappa shape index (κ2) is 8.25. The van der Waals surface area contributed by atoms with E-state index in [-0.39, 0.29) is 30.5 Å². The van der Waals surface area contributed by atoms with Gasteiger partial charge in [-0.3, -0.25) is 4.79 Å². The largest absolute Gasteiger partial charge is 0.491 e. The molecule has 21 heavy (non-hydrogen) atoms. The smallest absolute Gasteiger partial charge is 0.254 e. The molecule has 2 atom stereocenters. The summed E-state index contributed by atoms with van der Waals surface area (Å²) in [6.07, 6.45) is 1.17. The lowest BCUT2D eigenvalue weighted by Crippen LogP contribution is -2.52. The molecule has 1 aromatic rings. The Morgan fingerprint density at radius 1 is 1.43 bits per heavy atom. The topological polar surface area (TPSA) is 41.6 Å². The van der Waals surface area contributed by atoms with Crippen molar-refractivity contribution in [2.24, 2.45) is 0 Å². The van der Waals surface area contributed by atoms with Crippen LogP contribution in [0.5, 0.6) is 5.75 Å². The van der Waals surface area contributed by atoms with Crippen LogP contribution in [0.4, 0.5) is 0 Å². The molecule has 1 fully saturated rings. The minimum absolute atomic E-state index is 0. The molecule has 1 aliphatic heterocycles. The van der Waals surface area contributed by atoms with Crippen molar-refractivity contribution in [2.45, 2.75) is 39.3 Å². The zero-order chi connectivity index (χ0) is 14.5. The number of amides is 1. The van der Waals surface area contributed by atoms with Crippen LogP contribution >= 0.6 is 12.4 Å². The van der Waals surface area contributed by atoms with E-state index >= 15 is 0 Å². The highest BCUT2D eigenvalue weighted by atomic mass is 35.5. The summed E-state index contributed by atoms with van der Waals surface area (Å²) in [5, 5.41) is 3.29. The van der Waals surface area contributed by atoms with Gasteiger partial charge in [-0.1, -0.05) is 6.92 Å². The molecule has 0 saturated carbocycles. The summed E-state index contributed by atoms with van der Waals surface area (Å²) in [4.78, 5) is 14.4. The maximum atomic E-state index is 12.5. The monoisotopic (exact) mass is 312 g/mol. The molecule has 1 N–H and O–H groups in total. The average Bonchev–Trinajstić information content (AvgIpc) is 2.47. The number of benzene rings is 1. The number of halogens is 1. The van der Waals surface area contributed by atoms with Gasteiger partial charge in [-0.05, 0) is 44.5 Å². The SMILES string of the molecule is CCC(C)Oc1ccc(C(=O)N2CCNC[C@@H]2C)cc1.Cl. The second-order valence-corrected chi connectivity index (χ2v) is 5.41. The van der Waals surface area contributed by atoms with E-state index in [1.807, 2.05) is 36.1 Å². The lowest BCUT2D eigenvalue weighted by atomic mass is 10.1. The van der Waals surface area contributed by atoms with E-state index < -0.39 is 0 Å². The third-order valence-corrected chi connectivity index (χ3v) is 3.78. The van der Waals surface area contributed by atoms with Gasteiger partial charge in [0.15, 0.2) is 0 Å². The van der Waals surface area contributed by atoms with Gasteiger partial charge in [-0.25, -0.2) is 0 Å². The van der Waals surface area contributed by atoms with Gasteiger partial charge in [0.25, 0.3) is 5.91 Å². The van der Waals surface area contributed by atoms with E-state index in [1.54, 1.807) is 0 Å². The van der Waals surface area contributed by atoms with Crippen molar-refractivity contribution in [3.8, 4) is 5.75 Å². The van der Waals surface area contributed by atoms with E-state index in [4.69, 9.17) is 4.74 Å². The number of piperazine rings is 1. The third-order valence-electron chi connectivity index (χ3n) is 3.78. The highest BCUT2D eigenvalue weighted by Crippen LogP contribution is 2.17. The molecule has 0 aliphatic carbocycles. The first kappa shape index (κ1) is 17.8. The van der Waals surface area contributed by atoms with E-state index in [0.29, 0.717) is 0 Å². The van der Waals surface area contributed by atoms with Gasteiger partial charge in [-0.2, -0.15) is 0 Å². The Morgan fingerprint density at radius 3 is 2.67 bits per heavy atom. The Bertz CT molecular complexity index is 450. The van der Waals surface area contributed by atoms with Crippen molar-refractivity contribution in [1.82, 2.24) is 10.2 Å². The molecule has 118 valence electrons. The van der Waals surface area contributed by atoms with Crippen LogP contribution in [0.2, 0.25) is 0 Å². The molecule has 1 heterocycles. The van der Waals surface area contributed by atoms with Gasteiger partial charge in [-0.15, -0.1) is 12.4 Å². The molecule has 0 bridgehead atoms. The molecule has 0 aromatic heterocycles. The van der Waals surface area contributed by atoms with Crippen molar-refractivity contribution in [1.29, 1.82) is 0 Å². The Morgan fingerprint density at radius 2 is 2.10 bits per heavy atom. The summed E-state index contributed by atoms with van der Waals surface area (Å²) in [7, 11) is 0. The van der Waals surface area contributed by atoms with Crippen molar-refractivity contribution in [2.75, 3.05) is 19.6 Å². The van der Waals surface area contributed by atoms with Crippen molar-refractivity contribution < 1.29 is 9.53 Å². The lowest BCUT2D eigenvalue weighted by Gasteiger charge is -2.34.